The molecule has 0 radical (unpaired) electrons. The highest BCUT2D eigenvalue weighted by Crippen LogP contribution is 2.23. The Bertz CT molecular complexity index is 441. The molecule has 2 atom stereocenters. The van der Waals surface area contributed by atoms with Gasteiger partial charge in [-0.3, -0.25) is 0 Å². The van der Waals surface area contributed by atoms with Crippen LogP contribution < -0.4 is 4.74 Å². The van der Waals surface area contributed by atoms with Crippen LogP contribution in [-0.4, -0.2) is 42.4 Å². The first-order chi connectivity index (χ1) is 10.7. The van der Waals surface area contributed by atoms with Gasteiger partial charge in [0.1, 0.15) is 5.75 Å². The lowest BCUT2D eigenvalue weighted by Crippen LogP contribution is -2.44. The number of unbranched alkanes of at least 4 members (excludes halogenated alkanes) is 2. The van der Waals surface area contributed by atoms with Gasteiger partial charge in [0, 0.05) is 11.6 Å². The van der Waals surface area contributed by atoms with Crippen molar-refractivity contribution in [3.05, 3.63) is 29.3 Å². The minimum Gasteiger partial charge on any atom is -0.494 e. The SMILES string of the molecule is CCCCCN1CCC(CCOc2cccc(Cl)c2)C(O)C1. The van der Waals surface area contributed by atoms with Crippen LogP contribution in [-0.2, 0) is 0 Å². The van der Waals surface area contributed by atoms with Gasteiger partial charge in [-0.25, -0.2) is 0 Å². The molecule has 2 unspecified atom stereocenters. The molecule has 0 amide bonds. The average Bonchev–Trinajstić information content (AvgIpc) is 2.50. The highest BCUT2D eigenvalue weighted by molar-refractivity contribution is 6.30. The molecule has 1 aliphatic rings. The summed E-state index contributed by atoms with van der Waals surface area (Å²) in [4.78, 5) is 2.40. The molecule has 1 aromatic rings. The lowest BCUT2D eigenvalue weighted by Gasteiger charge is -2.36. The number of nitrogens with zero attached hydrogens (tertiary/aromatic N) is 1. The zero-order chi connectivity index (χ0) is 15.8. The minimum absolute atomic E-state index is 0.224. The molecule has 22 heavy (non-hydrogen) atoms. The predicted octanol–water partition coefficient (Wildman–Crippen LogP) is 3.98. The number of β-amino-alcohol motifs (C(OH)–C–C–N with tert-alkyl or cyclic N) is 1. The summed E-state index contributed by atoms with van der Waals surface area (Å²) in [6.07, 6.45) is 5.51. The lowest BCUT2D eigenvalue weighted by molar-refractivity contribution is 0.0129. The van der Waals surface area contributed by atoms with E-state index in [-0.39, 0.29) is 6.10 Å². The van der Waals surface area contributed by atoms with Gasteiger partial charge in [-0.15, -0.1) is 0 Å². The van der Waals surface area contributed by atoms with E-state index >= 15 is 0 Å². The topological polar surface area (TPSA) is 32.7 Å². The molecule has 1 aliphatic heterocycles. The minimum atomic E-state index is -0.224. The Kier molecular flexibility index (Phi) is 7.50. The molecule has 0 spiro atoms. The van der Waals surface area contributed by atoms with Crippen molar-refractivity contribution in [2.45, 2.75) is 45.1 Å². The zero-order valence-corrected chi connectivity index (χ0v) is 14.3. The molecular formula is C18H28ClNO2. The Morgan fingerprint density at radius 2 is 2.23 bits per heavy atom. The molecule has 0 aromatic heterocycles. The number of hydrogen-bond donors (Lipinski definition) is 1. The van der Waals surface area contributed by atoms with Crippen molar-refractivity contribution in [3.63, 3.8) is 0 Å². The maximum Gasteiger partial charge on any atom is 0.120 e. The highest BCUT2D eigenvalue weighted by Gasteiger charge is 2.27. The average molecular weight is 326 g/mol. The second-order valence-corrected chi connectivity index (χ2v) is 6.65. The van der Waals surface area contributed by atoms with Crippen LogP contribution in [0.25, 0.3) is 0 Å². The third kappa shape index (κ3) is 5.79. The summed E-state index contributed by atoms with van der Waals surface area (Å²) in [5.74, 6) is 1.15. The van der Waals surface area contributed by atoms with E-state index in [2.05, 4.69) is 11.8 Å². The van der Waals surface area contributed by atoms with E-state index < -0.39 is 0 Å². The normalized spacial score (nSPS) is 22.7. The number of aliphatic hydroxyl groups excluding tert-OH is 1. The molecule has 1 heterocycles. The summed E-state index contributed by atoms with van der Waals surface area (Å²) in [5.41, 5.74) is 0. The maximum atomic E-state index is 10.3. The van der Waals surface area contributed by atoms with Gasteiger partial charge in [-0.05, 0) is 56.5 Å². The molecule has 0 aliphatic carbocycles. The standard InChI is InChI=1S/C18H28ClNO2/c1-2-3-4-10-20-11-8-15(18(21)14-20)9-12-22-17-7-5-6-16(19)13-17/h5-7,13,15,18,21H,2-4,8-12,14H2,1H3. The van der Waals surface area contributed by atoms with Crippen LogP contribution in [0.15, 0.2) is 24.3 Å². The fourth-order valence-electron chi connectivity index (χ4n) is 3.06. The summed E-state index contributed by atoms with van der Waals surface area (Å²) >= 11 is 5.94. The molecule has 2 rings (SSSR count). The molecule has 1 saturated heterocycles. The van der Waals surface area contributed by atoms with Gasteiger partial charge >= 0.3 is 0 Å². The maximum absolute atomic E-state index is 10.3. The summed E-state index contributed by atoms with van der Waals surface area (Å²) in [7, 11) is 0. The van der Waals surface area contributed by atoms with Gasteiger partial charge < -0.3 is 14.7 Å². The second kappa shape index (κ2) is 9.39. The van der Waals surface area contributed by atoms with E-state index in [1.807, 2.05) is 24.3 Å². The third-order valence-corrected chi connectivity index (χ3v) is 4.67. The quantitative estimate of drug-likeness (QED) is 0.734. The van der Waals surface area contributed by atoms with Crippen LogP contribution in [0.1, 0.15) is 39.0 Å². The Morgan fingerprint density at radius 3 is 2.95 bits per heavy atom. The van der Waals surface area contributed by atoms with Gasteiger partial charge in [-0.2, -0.15) is 0 Å². The van der Waals surface area contributed by atoms with E-state index in [4.69, 9.17) is 16.3 Å². The third-order valence-electron chi connectivity index (χ3n) is 4.44. The van der Waals surface area contributed by atoms with E-state index in [9.17, 15) is 5.11 Å². The lowest BCUT2D eigenvalue weighted by atomic mass is 9.91. The Morgan fingerprint density at radius 1 is 1.36 bits per heavy atom. The summed E-state index contributed by atoms with van der Waals surface area (Å²) in [5, 5.41) is 11.0. The number of hydrogen-bond acceptors (Lipinski definition) is 3. The number of likely N-dealkylation sites (tertiary alicyclic amines) is 1. The van der Waals surface area contributed by atoms with Crippen molar-refractivity contribution in [1.82, 2.24) is 4.90 Å². The van der Waals surface area contributed by atoms with E-state index in [0.29, 0.717) is 17.5 Å². The number of piperidine rings is 1. The van der Waals surface area contributed by atoms with Crippen molar-refractivity contribution < 1.29 is 9.84 Å². The van der Waals surface area contributed by atoms with Crippen LogP contribution in [0.3, 0.4) is 0 Å². The van der Waals surface area contributed by atoms with Crippen molar-refractivity contribution >= 4 is 11.6 Å². The molecule has 1 aromatic carbocycles. The van der Waals surface area contributed by atoms with E-state index in [0.717, 1.165) is 38.2 Å². The van der Waals surface area contributed by atoms with Crippen LogP contribution in [0.2, 0.25) is 5.02 Å². The molecule has 124 valence electrons. The largest absolute Gasteiger partial charge is 0.494 e. The first kappa shape index (κ1) is 17.6. The number of rotatable bonds is 8. The second-order valence-electron chi connectivity index (χ2n) is 6.22. The van der Waals surface area contributed by atoms with Crippen LogP contribution in [0.4, 0.5) is 0 Å². The fraction of sp³-hybridized carbons (Fsp3) is 0.667. The fourth-order valence-corrected chi connectivity index (χ4v) is 3.24. The molecule has 1 N–H and O–H groups in total. The number of benzene rings is 1. The van der Waals surface area contributed by atoms with Gasteiger partial charge in [-0.1, -0.05) is 37.4 Å². The van der Waals surface area contributed by atoms with E-state index in [1.54, 1.807) is 0 Å². The molecule has 4 heteroatoms. The van der Waals surface area contributed by atoms with Crippen molar-refractivity contribution in [3.8, 4) is 5.75 Å². The first-order valence-electron chi connectivity index (χ1n) is 8.48. The Hall–Kier alpha value is -0.770. The molecule has 0 bridgehead atoms. The number of aliphatic hydroxyl groups is 1. The van der Waals surface area contributed by atoms with E-state index in [1.165, 1.54) is 19.3 Å². The monoisotopic (exact) mass is 325 g/mol. The smallest absolute Gasteiger partial charge is 0.120 e. The molecule has 1 fully saturated rings. The summed E-state index contributed by atoms with van der Waals surface area (Å²) in [6.45, 7) is 5.89. The van der Waals surface area contributed by atoms with Crippen molar-refractivity contribution in [2.75, 3.05) is 26.2 Å². The van der Waals surface area contributed by atoms with Crippen molar-refractivity contribution in [1.29, 1.82) is 0 Å². The molecule has 0 saturated carbocycles. The first-order valence-corrected chi connectivity index (χ1v) is 8.85. The number of halogens is 1. The van der Waals surface area contributed by atoms with Gasteiger partial charge in [0.15, 0.2) is 0 Å². The summed E-state index contributed by atoms with van der Waals surface area (Å²) in [6, 6.07) is 7.47. The molecular weight excluding hydrogens is 298 g/mol. The Balaban J connectivity index is 1.67. The van der Waals surface area contributed by atoms with Crippen LogP contribution >= 0.6 is 11.6 Å². The van der Waals surface area contributed by atoms with Crippen molar-refractivity contribution in [2.24, 2.45) is 5.92 Å². The van der Waals surface area contributed by atoms with Gasteiger partial charge in [0.25, 0.3) is 0 Å². The molecule has 3 nitrogen and oxygen atoms in total. The van der Waals surface area contributed by atoms with Crippen LogP contribution in [0, 0.1) is 5.92 Å². The summed E-state index contributed by atoms with van der Waals surface area (Å²) < 4.78 is 5.74. The van der Waals surface area contributed by atoms with Crippen LogP contribution in [0.5, 0.6) is 5.75 Å². The highest BCUT2D eigenvalue weighted by atomic mass is 35.5. The zero-order valence-electron chi connectivity index (χ0n) is 13.5. The van der Waals surface area contributed by atoms with Gasteiger partial charge in [0.2, 0.25) is 0 Å². The predicted molar refractivity (Wildman–Crippen MR) is 91.6 cm³/mol. The van der Waals surface area contributed by atoms with Gasteiger partial charge in [0.05, 0.1) is 12.7 Å². The Labute approximate surface area is 139 Å². The number of ether oxygens (including phenoxy) is 1.